The number of fused-ring (bicyclic) bond motifs is 14. The topological polar surface area (TPSA) is 123 Å². The molecule has 0 N–H and O–H groups in total. The van der Waals surface area contributed by atoms with Crippen LogP contribution < -0.4 is 0 Å². The maximum absolute atomic E-state index is 5.28. The fraction of sp³-hybridized carbons (Fsp3) is 0. The summed E-state index contributed by atoms with van der Waals surface area (Å²) < 4.78 is 13.7. The Bertz CT molecular complexity index is 7580. The van der Waals surface area contributed by atoms with Crippen molar-refractivity contribution >= 4 is 129 Å². The number of imidazole rings is 2. The third kappa shape index (κ3) is 10.9. The molecule has 14 heteroatoms. The number of para-hydroxylation sites is 10. The van der Waals surface area contributed by atoms with Crippen LogP contribution in [0.25, 0.3) is 209 Å². The molecule has 8 heterocycles. The number of hydrogen-bond donors (Lipinski definition) is 0. The molecule has 0 bridgehead atoms. The van der Waals surface area contributed by atoms with Crippen LogP contribution in [0.4, 0.5) is 0 Å². The average molecular weight is 1470 g/mol. The molecule has 23 rings (SSSR count). The lowest BCUT2D eigenvalue weighted by Crippen LogP contribution is -2.06. The minimum absolute atomic E-state index is 0.588. The molecule has 524 valence electrons. The average Bonchev–Trinajstić information content (AvgIpc) is 1.59. The van der Waals surface area contributed by atoms with E-state index >= 15 is 0 Å². The largest absolute Gasteiger partial charge is 0.309 e. The van der Waals surface area contributed by atoms with Crippen LogP contribution in [0.3, 0.4) is 0 Å². The Labute approximate surface area is 649 Å². The molecule has 0 saturated heterocycles. The minimum Gasteiger partial charge on any atom is -0.309 e. The number of thiophene rings is 2. The number of hydrogen-bond acceptors (Lipinski definition) is 10. The Hall–Kier alpha value is -14.7. The van der Waals surface area contributed by atoms with Crippen LogP contribution in [0, 0.1) is 0 Å². The molecule has 0 aliphatic rings. The van der Waals surface area contributed by atoms with Crippen molar-refractivity contribution in [3.63, 3.8) is 0 Å². The van der Waals surface area contributed by atoms with E-state index in [-0.39, 0.29) is 0 Å². The van der Waals surface area contributed by atoms with Crippen molar-refractivity contribution in [2.75, 3.05) is 0 Å². The summed E-state index contributed by atoms with van der Waals surface area (Å²) in [5, 5.41) is 9.23. The summed E-state index contributed by atoms with van der Waals surface area (Å²) in [6.45, 7) is 0. The molecule has 0 spiro atoms. The lowest BCUT2D eigenvalue weighted by molar-refractivity contribution is 0.954. The molecule has 8 aromatic heterocycles. The molecule has 0 unspecified atom stereocenters. The first-order valence-electron chi connectivity index (χ1n) is 37.2. The molecule has 112 heavy (non-hydrogen) atoms. The van der Waals surface area contributed by atoms with Gasteiger partial charge in [-0.05, 0) is 121 Å². The van der Waals surface area contributed by atoms with Crippen molar-refractivity contribution in [3.8, 4) is 103 Å². The lowest BCUT2D eigenvalue weighted by atomic mass is 10.0. The predicted octanol–water partition coefficient (Wildman–Crippen LogP) is 25.0. The minimum atomic E-state index is 0.588. The van der Waals surface area contributed by atoms with E-state index in [0.717, 1.165) is 149 Å². The number of benzene rings is 15. The Morgan fingerprint density at radius 1 is 0.196 bits per heavy atom. The van der Waals surface area contributed by atoms with Crippen LogP contribution in [0.2, 0.25) is 0 Å². The van der Waals surface area contributed by atoms with Gasteiger partial charge in [-0.15, -0.1) is 22.7 Å². The van der Waals surface area contributed by atoms with Crippen molar-refractivity contribution < 1.29 is 0 Å². The van der Waals surface area contributed by atoms with E-state index in [9.17, 15) is 0 Å². The zero-order chi connectivity index (χ0) is 73.7. The van der Waals surface area contributed by atoms with Gasteiger partial charge < -0.3 is 4.57 Å². The second-order valence-corrected chi connectivity index (χ2v) is 30.0. The third-order valence-electron chi connectivity index (χ3n) is 21.2. The van der Waals surface area contributed by atoms with E-state index in [1.54, 1.807) is 22.7 Å². The maximum atomic E-state index is 5.28. The van der Waals surface area contributed by atoms with Gasteiger partial charge in [0.05, 0.1) is 44.1 Å². The van der Waals surface area contributed by atoms with Crippen molar-refractivity contribution in [2.24, 2.45) is 0 Å². The summed E-state index contributed by atoms with van der Waals surface area (Å²) >= 11 is 3.56. The van der Waals surface area contributed by atoms with Gasteiger partial charge >= 0.3 is 0 Å². The quantitative estimate of drug-likeness (QED) is 0.125. The Kier molecular flexibility index (Phi) is 15.3. The molecule has 0 saturated carbocycles. The Balaban J connectivity index is 0.000000138. The van der Waals surface area contributed by atoms with Crippen molar-refractivity contribution in [1.29, 1.82) is 0 Å². The van der Waals surface area contributed by atoms with Gasteiger partial charge in [0.15, 0.2) is 29.1 Å². The SMILES string of the molecule is c1ccc(-c2nc(-c3ccc4c(c3)c3ccccc3n4-c3ccccc3)nc(-c3cccc4sc5cc(-c6nc7ccccc7n6-c6ccccc6)ccc5c34)n2)cc1.c1ccc(-c2nc(-c3cccc4sc5cc(-c6nc7ccccc7n6-c6ccccc6)ccc5c34)nc(-n3c4ccccc4c4ccccc43)n2)cc1. The molecule has 0 atom stereocenters. The van der Waals surface area contributed by atoms with E-state index in [1.807, 2.05) is 60.7 Å². The molecule has 0 amide bonds. The van der Waals surface area contributed by atoms with Crippen LogP contribution >= 0.6 is 22.7 Å². The van der Waals surface area contributed by atoms with Crippen molar-refractivity contribution in [2.45, 2.75) is 0 Å². The molecule has 23 aromatic rings. The summed E-state index contributed by atoms with van der Waals surface area (Å²) in [7, 11) is 0. The predicted molar refractivity (Wildman–Crippen MR) is 461 cm³/mol. The number of rotatable bonds is 11. The fourth-order valence-electron chi connectivity index (χ4n) is 16.2. The van der Waals surface area contributed by atoms with Crippen LogP contribution in [-0.4, -0.2) is 58.1 Å². The standard InChI is InChI=1S/C52H32N6S.C46H28N6S/c1-4-15-33(16-5-1)49-54-50(34-28-30-44-41(31-34)38-21-10-12-24-43(38)57(44)36-17-6-2-7-18-36)56-51(55-49)40-22-14-26-46-48(40)39-29-27-35(32-47(39)59-46)52-53-42-23-11-13-25-45(42)58(52)37-19-8-3-9-20-37;1-3-14-29(15-4-1)43-48-44(50-46(49-43)52-37-22-10-7-18-32(37)33-19-8-11-23-38(33)52)35-20-13-25-40-42(35)34-27-26-30(28-41(34)53-40)45-47-36-21-9-12-24-39(36)51(45)31-16-5-2-6-17-31/h1-32H;1-28H. The van der Waals surface area contributed by atoms with Gasteiger partial charge in [-0.2, -0.15) is 9.97 Å². The van der Waals surface area contributed by atoms with Gasteiger partial charge in [-0.3, -0.25) is 13.7 Å². The highest BCUT2D eigenvalue weighted by Gasteiger charge is 2.25. The van der Waals surface area contributed by atoms with Crippen LogP contribution in [0.15, 0.2) is 364 Å². The highest BCUT2D eigenvalue weighted by atomic mass is 32.1. The van der Waals surface area contributed by atoms with Gasteiger partial charge in [0.2, 0.25) is 5.95 Å². The Morgan fingerprint density at radius 3 is 1.04 bits per heavy atom. The first kappa shape index (κ1) is 64.5. The van der Waals surface area contributed by atoms with Gasteiger partial charge in [0, 0.05) is 118 Å². The highest BCUT2D eigenvalue weighted by Crippen LogP contribution is 2.46. The molecular weight excluding hydrogens is 1410 g/mol. The smallest absolute Gasteiger partial charge is 0.238 e. The summed E-state index contributed by atoms with van der Waals surface area (Å²) in [5.74, 6) is 5.59. The molecule has 0 aliphatic heterocycles. The summed E-state index contributed by atoms with van der Waals surface area (Å²) in [5.41, 5.74) is 18.6. The second-order valence-electron chi connectivity index (χ2n) is 27.8. The van der Waals surface area contributed by atoms with Crippen molar-refractivity contribution in [1.82, 2.24) is 58.1 Å². The highest BCUT2D eigenvalue weighted by molar-refractivity contribution is 7.26. The monoisotopic (exact) mass is 1470 g/mol. The second kappa shape index (κ2) is 26.6. The van der Waals surface area contributed by atoms with E-state index in [1.165, 1.54) is 24.2 Å². The van der Waals surface area contributed by atoms with Crippen LogP contribution in [0.1, 0.15) is 0 Å². The molecule has 12 nitrogen and oxygen atoms in total. The molecule has 0 aliphatic carbocycles. The van der Waals surface area contributed by atoms with Gasteiger partial charge in [-0.25, -0.2) is 29.9 Å². The zero-order valence-electron chi connectivity index (χ0n) is 59.8. The summed E-state index contributed by atoms with van der Waals surface area (Å²) in [4.78, 5) is 41.5. The van der Waals surface area contributed by atoms with Crippen molar-refractivity contribution in [3.05, 3.63) is 364 Å². The number of nitrogens with zero attached hydrogens (tertiary/aromatic N) is 12. The van der Waals surface area contributed by atoms with Crippen LogP contribution in [-0.2, 0) is 0 Å². The molecular formula is C98H60N12S2. The summed E-state index contributed by atoms with van der Waals surface area (Å²) in [6, 6.07) is 127. The first-order chi connectivity index (χ1) is 55.5. The van der Waals surface area contributed by atoms with Crippen LogP contribution in [0.5, 0.6) is 0 Å². The summed E-state index contributed by atoms with van der Waals surface area (Å²) in [6.07, 6.45) is 0. The zero-order valence-corrected chi connectivity index (χ0v) is 61.5. The molecule has 15 aromatic carbocycles. The lowest BCUT2D eigenvalue weighted by Gasteiger charge is -2.12. The third-order valence-corrected chi connectivity index (χ3v) is 23.4. The first-order valence-corrected chi connectivity index (χ1v) is 38.9. The van der Waals surface area contributed by atoms with E-state index in [0.29, 0.717) is 35.1 Å². The number of aromatic nitrogens is 12. The maximum Gasteiger partial charge on any atom is 0.238 e. The molecule has 0 radical (unpaired) electrons. The van der Waals surface area contributed by atoms with Gasteiger partial charge in [0.25, 0.3) is 0 Å². The van der Waals surface area contributed by atoms with E-state index < -0.39 is 0 Å². The molecule has 0 fully saturated rings. The van der Waals surface area contributed by atoms with E-state index in [4.69, 9.17) is 39.9 Å². The van der Waals surface area contributed by atoms with Gasteiger partial charge in [-0.1, -0.05) is 243 Å². The normalized spacial score (nSPS) is 11.8. The van der Waals surface area contributed by atoms with Gasteiger partial charge in [0.1, 0.15) is 11.6 Å². The fourth-order valence-corrected chi connectivity index (χ4v) is 18.5. The Morgan fingerprint density at radius 2 is 0.554 bits per heavy atom. The van der Waals surface area contributed by atoms with E-state index in [2.05, 4.69) is 322 Å².